The van der Waals surface area contributed by atoms with Gasteiger partial charge < -0.3 is 0 Å². The van der Waals surface area contributed by atoms with Crippen LogP contribution in [0.3, 0.4) is 0 Å². The van der Waals surface area contributed by atoms with Crippen molar-refractivity contribution in [3.63, 3.8) is 0 Å². The van der Waals surface area contributed by atoms with Gasteiger partial charge in [0, 0.05) is 11.3 Å². The van der Waals surface area contributed by atoms with Gasteiger partial charge in [-0.2, -0.15) is 0 Å². The largest absolute Gasteiger partial charge is 0.252 e. The highest BCUT2D eigenvalue weighted by Crippen LogP contribution is 2.35. The molecule has 2 aromatic rings. The number of aromatic nitrogens is 1. The van der Waals surface area contributed by atoms with Crippen molar-refractivity contribution in [3.05, 3.63) is 52.7 Å². The van der Waals surface area contributed by atoms with Gasteiger partial charge in [0.15, 0.2) is 0 Å². The molecule has 1 nitrogen and oxygen atoms in total. The van der Waals surface area contributed by atoms with Crippen LogP contribution in [0, 0.1) is 0 Å². The third-order valence-corrected chi connectivity index (χ3v) is 4.50. The first kappa shape index (κ1) is 14.3. The summed E-state index contributed by atoms with van der Waals surface area (Å²) in [6.07, 6.45) is 8.46. The monoisotopic (exact) mass is 279 g/mol. The van der Waals surface area contributed by atoms with E-state index in [9.17, 15) is 0 Å². The van der Waals surface area contributed by atoms with Crippen LogP contribution >= 0.6 is 0 Å². The van der Waals surface area contributed by atoms with Gasteiger partial charge in [-0.05, 0) is 48.8 Å². The zero-order valence-electron chi connectivity index (χ0n) is 13.3. The number of nitrogens with zero attached hydrogens (tertiary/aromatic N) is 1. The summed E-state index contributed by atoms with van der Waals surface area (Å²) >= 11 is 0. The molecule has 0 aliphatic heterocycles. The minimum Gasteiger partial charge on any atom is -0.252 e. The Kier molecular flexibility index (Phi) is 4.38. The zero-order chi connectivity index (χ0) is 14.7. The van der Waals surface area contributed by atoms with Gasteiger partial charge in [-0.15, -0.1) is 0 Å². The molecular weight excluding hydrogens is 254 g/mol. The summed E-state index contributed by atoms with van der Waals surface area (Å²) < 4.78 is 0. The predicted molar refractivity (Wildman–Crippen MR) is 89.7 cm³/mol. The highest BCUT2D eigenvalue weighted by atomic mass is 14.7. The van der Waals surface area contributed by atoms with E-state index in [0.717, 1.165) is 12.8 Å². The molecule has 0 N–H and O–H groups in total. The first-order valence-electron chi connectivity index (χ1n) is 8.44. The number of pyridine rings is 1. The first-order chi connectivity index (χ1) is 10.3. The van der Waals surface area contributed by atoms with E-state index in [1.165, 1.54) is 54.6 Å². The molecule has 3 rings (SSSR count). The Hall–Kier alpha value is -1.63. The van der Waals surface area contributed by atoms with Gasteiger partial charge in [0.1, 0.15) is 0 Å². The maximum atomic E-state index is 5.12. The molecule has 0 amide bonds. The number of hydrogen-bond acceptors (Lipinski definition) is 1. The van der Waals surface area contributed by atoms with Gasteiger partial charge in [0.05, 0.1) is 5.69 Å². The zero-order valence-corrected chi connectivity index (χ0v) is 13.3. The van der Waals surface area contributed by atoms with Crippen molar-refractivity contribution in [1.29, 1.82) is 0 Å². The molecule has 0 radical (unpaired) electrons. The molecule has 0 spiro atoms. The molecule has 1 heterocycles. The van der Waals surface area contributed by atoms with Gasteiger partial charge in [-0.3, -0.25) is 4.98 Å². The van der Waals surface area contributed by atoms with E-state index >= 15 is 0 Å². The maximum absolute atomic E-state index is 5.12. The molecule has 1 heteroatoms. The lowest BCUT2D eigenvalue weighted by Crippen LogP contribution is -2.06. The van der Waals surface area contributed by atoms with Crippen LogP contribution in [0.5, 0.6) is 0 Å². The lowest BCUT2D eigenvalue weighted by atomic mass is 9.93. The third-order valence-electron chi connectivity index (χ3n) is 4.50. The lowest BCUT2D eigenvalue weighted by molar-refractivity contribution is 0.845. The smallest absolute Gasteiger partial charge is 0.0740 e. The molecule has 0 fully saturated rings. The van der Waals surface area contributed by atoms with Crippen LogP contribution in [0.25, 0.3) is 11.3 Å². The van der Waals surface area contributed by atoms with Crippen LogP contribution in [0.1, 0.15) is 55.5 Å². The Morgan fingerprint density at radius 1 is 0.905 bits per heavy atom. The fraction of sp³-hybridized carbons (Fsp3) is 0.450. The van der Waals surface area contributed by atoms with E-state index in [2.05, 4.69) is 44.2 Å². The number of benzene rings is 1. The molecule has 0 bridgehead atoms. The Labute approximate surface area is 128 Å². The molecule has 1 aliphatic rings. The molecule has 1 aliphatic carbocycles. The molecular formula is C20H25N. The second-order valence-electron chi connectivity index (χ2n) is 6.06. The average Bonchev–Trinajstić information content (AvgIpc) is 3.00. The Morgan fingerprint density at radius 3 is 2.33 bits per heavy atom. The second-order valence-corrected chi connectivity index (χ2v) is 6.06. The quantitative estimate of drug-likeness (QED) is 0.738. The van der Waals surface area contributed by atoms with Crippen molar-refractivity contribution < 1.29 is 0 Å². The minimum atomic E-state index is 1.12. The molecule has 0 atom stereocenters. The summed E-state index contributed by atoms with van der Waals surface area (Å²) in [5.41, 5.74) is 8.64. The highest BCUT2D eigenvalue weighted by Gasteiger charge is 2.22. The molecule has 21 heavy (non-hydrogen) atoms. The predicted octanol–water partition coefficient (Wildman–Crippen LogP) is 5.14. The van der Waals surface area contributed by atoms with E-state index in [-0.39, 0.29) is 0 Å². The average molecular weight is 279 g/mol. The van der Waals surface area contributed by atoms with Gasteiger partial charge in [0.2, 0.25) is 0 Å². The Balaban J connectivity index is 2.19. The third kappa shape index (κ3) is 2.74. The summed E-state index contributed by atoms with van der Waals surface area (Å²) in [6, 6.07) is 10.7. The minimum absolute atomic E-state index is 1.12. The van der Waals surface area contributed by atoms with E-state index in [1.807, 2.05) is 0 Å². The van der Waals surface area contributed by atoms with Crippen LogP contribution in [0.2, 0.25) is 0 Å². The van der Waals surface area contributed by atoms with Crippen molar-refractivity contribution in [2.24, 2.45) is 0 Å². The van der Waals surface area contributed by atoms with Gasteiger partial charge in [-0.1, -0.05) is 57.0 Å². The second kappa shape index (κ2) is 6.43. The van der Waals surface area contributed by atoms with E-state index in [0.29, 0.717) is 0 Å². The van der Waals surface area contributed by atoms with Crippen molar-refractivity contribution in [3.8, 4) is 11.3 Å². The van der Waals surface area contributed by atoms with Crippen LogP contribution in [0.4, 0.5) is 0 Å². The molecule has 0 unspecified atom stereocenters. The number of hydrogen-bond donors (Lipinski definition) is 0. The summed E-state index contributed by atoms with van der Waals surface area (Å²) in [5.74, 6) is 0. The number of fused-ring (bicyclic) bond motifs is 1. The summed E-state index contributed by atoms with van der Waals surface area (Å²) in [6.45, 7) is 4.53. The highest BCUT2D eigenvalue weighted by molar-refractivity contribution is 5.66. The van der Waals surface area contributed by atoms with Crippen LogP contribution < -0.4 is 0 Å². The molecule has 1 aromatic carbocycles. The Bertz CT molecular complexity index is 613. The van der Waals surface area contributed by atoms with E-state index in [1.54, 1.807) is 11.1 Å². The van der Waals surface area contributed by atoms with E-state index in [4.69, 9.17) is 4.98 Å². The van der Waals surface area contributed by atoms with Crippen LogP contribution in [0.15, 0.2) is 30.3 Å². The van der Waals surface area contributed by atoms with Gasteiger partial charge in [-0.25, -0.2) is 0 Å². The van der Waals surface area contributed by atoms with Crippen molar-refractivity contribution >= 4 is 0 Å². The van der Waals surface area contributed by atoms with Crippen molar-refractivity contribution in [2.45, 2.75) is 58.8 Å². The summed E-state index contributed by atoms with van der Waals surface area (Å²) in [5, 5.41) is 0. The normalized spacial score (nSPS) is 13.4. The summed E-state index contributed by atoms with van der Waals surface area (Å²) in [7, 11) is 0. The molecule has 110 valence electrons. The maximum Gasteiger partial charge on any atom is 0.0740 e. The van der Waals surface area contributed by atoms with E-state index < -0.39 is 0 Å². The number of aryl methyl sites for hydroxylation is 1. The fourth-order valence-electron chi connectivity index (χ4n) is 3.61. The van der Waals surface area contributed by atoms with Gasteiger partial charge >= 0.3 is 0 Å². The summed E-state index contributed by atoms with van der Waals surface area (Å²) in [4.78, 5) is 5.12. The fourth-order valence-corrected chi connectivity index (χ4v) is 3.61. The first-order valence-corrected chi connectivity index (χ1v) is 8.44. The van der Waals surface area contributed by atoms with Crippen LogP contribution in [-0.2, 0) is 25.7 Å². The number of rotatable bonds is 5. The standard InChI is InChI=1S/C20H25N/c1-3-9-18-16-13-8-14-17(16)19(10-4-2)21-20(18)15-11-6-5-7-12-15/h5-7,11-12H,3-4,8-10,13-14H2,1-2H3. The van der Waals surface area contributed by atoms with Crippen molar-refractivity contribution in [1.82, 2.24) is 4.98 Å². The SMILES string of the molecule is CCCc1nc(-c2ccccc2)c(CCC)c2c1CCC2. The molecule has 1 aromatic heterocycles. The van der Waals surface area contributed by atoms with Crippen LogP contribution in [-0.4, -0.2) is 4.98 Å². The lowest BCUT2D eigenvalue weighted by Gasteiger charge is -2.17. The van der Waals surface area contributed by atoms with Crippen molar-refractivity contribution in [2.75, 3.05) is 0 Å². The Morgan fingerprint density at radius 2 is 1.62 bits per heavy atom. The van der Waals surface area contributed by atoms with Gasteiger partial charge in [0.25, 0.3) is 0 Å². The topological polar surface area (TPSA) is 12.9 Å². The molecule has 0 saturated heterocycles. The molecule has 0 saturated carbocycles.